The van der Waals surface area contributed by atoms with E-state index in [4.69, 9.17) is 0 Å². The first kappa shape index (κ1) is 37.7. The van der Waals surface area contributed by atoms with E-state index in [1.165, 1.54) is 70.0 Å². The van der Waals surface area contributed by atoms with Gasteiger partial charge >= 0.3 is 0 Å². The van der Waals surface area contributed by atoms with E-state index >= 15 is 0 Å². The molecular weight excluding hydrogens is 724 g/mol. The molecule has 10 rings (SSSR count). The molecule has 0 saturated carbocycles. The van der Waals surface area contributed by atoms with E-state index in [-0.39, 0.29) is 38.1 Å². The second kappa shape index (κ2) is 16.7. The van der Waals surface area contributed by atoms with E-state index in [1.54, 1.807) is 0 Å². The average Bonchev–Trinajstić information content (AvgIpc) is 3.76. The van der Waals surface area contributed by atoms with Gasteiger partial charge in [-0.2, -0.15) is 0 Å². The fraction of sp³-hybridized carbons (Fsp3) is 0.184. The van der Waals surface area contributed by atoms with Gasteiger partial charge in [0.2, 0.25) is 0 Å². The van der Waals surface area contributed by atoms with Gasteiger partial charge in [-0.3, -0.25) is 0 Å². The van der Waals surface area contributed by atoms with Crippen LogP contribution in [0.1, 0.15) is 65.6 Å². The molecule has 0 saturated heterocycles. The van der Waals surface area contributed by atoms with Crippen LogP contribution in [0.5, 0.6) is 0 Å². The monoisotopic (exact) mass is 770 g/mol. The standard InChI is InChI=1S/C17H18.C13H10S.C10H10.C9H9N.Y/c1-12-13-8-4-6-10-15(13)17(2,3)16-11-7-5-9-14(12)16;1-9-5-4-7-11-10-6-2-3-8-12(10)14-13(9)11;1-2-6-10-8-4-3-7-9(10)5-1;1-10-7-6-8-4-2-3-5-9(8)10;/h4-12H,1-3H3;2-8H,1H3;1-6H,7-8H2;2-7H,1H3;. The maximum Gasteiger partial charge on any atom is 0.0477 e. The van der Waals surface area contributed by atoms with Crippen molar-refractivity contribution in [2.24, 2.45) is 7.05 Å². The minimum Gasteiger partial charge on any atom is -0.351 e. The first-order valence-electron chi connectivity index (χ1n) is 18.1. The van der Waals surface area contributed by atoms with Crippen molar-refractivity contribution in [3.8, 4) is 0 Å². The van der Waals surface area contributed by atoms with Crippen LogP contribution in [0.3, 0.4) is 0 Å². The molecule has 3 heteroatoms. The number of thiophene rings is 1. The van der Waals surface area contributed by atoms with Gasteiger partial charge in [0.25, 0.3) is 0 Å². The van der Waals surface area contributed by atoms with E-state index in [9.17, 15) is 0 Å². The van der Waals surface area contributed by atoms with Gasteiger partial charge in [-0.1, -0.05) is 160 Å². The average molecular weight is 771 g/mol. The predicted octanol–water partition coefficient (Wildman–Crippen LogP) is 13.4. The summed E-state index contributed by atoms with van der Waals surface area (Å²) in [4.78, 5) is 0. The maximum atomic E-state index is 2.33. The molecule has 0 fully saturated rings. The molecule has 6 aromatic carbocycles. The number of benzene rings is 6. The summed E-state index contributed by atoms with van der Waals surface area (Å²) in [5.41, 5.74) is 11.7. The predicted molar refractivity (Wildman–Crippen MR) is 223 cm³/mol. The van der Waals surface area contributed by atoms with Crippen molar-refractivity contribution < 1.29 is 32.7 Å². The number of allylic oxidation sites excluding steroid dienone is 2. The number of nitrogens with zero attached hydrogens (tertiary/aromatic N) is 1. The zero-order valence-corrected chi connectivity index (χ0v) is 34.7. The van der Waals surface area contributed by atoms with Crippen LogP contribution >= 0.6 is 11.3 Å². The molecule has 0 amide bonds. The number of aryl methyl sites for hydroxylation is 2. The summed E-state index contributed by atoms with van der Waals surface area (Å²) in [6.45, 7) is 9.15. The summed E-state index contributed by atoms with van der Waals surface area (Å²) in [5, 5.41) is 4.09. The second-order valence-electron chi connectivity index (χ2n) is 14.2. The van der Waals surface area contributed by atoms with Gasteiger partial charge < -0.3 is 4.57 Å². The number of hydrogen-bond acceptors (Lipinski definition) is 1. The van der Waals surface area contributed by atoms with Crippen LogP contribution in [-0.4, -0.2) is 4.57 Å². The summed E-state index contributed by atoms with van der Waals surface area (Å²) in [5.74, 6) is 0.510. The van der Waals surface area contributed by atoms with Crippen molar-refractivity contribution in [1.82, 2.24) is 4.57 Å². The molecule has 2 aromatic heterocycles. The largest absolute Gasteiger partial charge is 0.351 e. The summed E-state index contributed by atoms with van der Waals surface area (Å²) in [6.07, 6.45) is 8.79. The van der Waals surface area contributed by atoms with Gasteiger partial charge in [0.1, 0.15) is 0 Å². The molecular formula is C49H47NSY. The Morgan fingerprint density at radius 1 is 0.596 bits per heavy atom. The Morgan fingerprint density at radius 2 is 1.13 bits per heavy atom. The van der Waals surface area contributed by atoms with Crippen LogP contribution in [0.25, 0.3) is 31.1 Å². The maximum absolute atomic E-state index is 2.33. The van der Waals surface area contributed by atoms with Crippen LogP contribution in [0.2, 0.25) is 0 Å². The Kier molecular flexibility index (Phi) is 12.1. The Morgan fingerprint density at radius 3 is 1.79 bits per heavy atom. The summed E-state index contributed by atoms with van der Waals surface area (Å²) in [7, 11) is 2.06. The molecule has 257 valence electrons. The number of hydrogen-bond donors (Lipinski definition) is 0. The molecule has 2 aliphatic rings. The van der Waals surface area contributed by atoms with Gasteiger partial charge in [-0.15, -0.1) is 11.3 Å². The minimum absolute atomic E-state index is 0. The van der Waals surface area contributed by atoms with Crippen molar-refractivity contribution in [2.45, 2.75) is 51.9 Å². The van der Waals surface area contributed by atoms with Crippen molar-refractivity contribution in [3.63, 3.8) is 0 Å². The molecule has 0 aliphatic heterocycles. The van der Waals surface area contributed by atoms with E-state index in [0.717, 1.165) is 12.8 Å². The third-order valence-electron chi connectivity index (χ3n) is 10.6. The van der Waals surface area contributed by atoms with Crippen molar-refractivity contribution >= 4 is 42.4 Å². The van der Waals surface area contributed by atoms with Gasteiger partial charge in [0, 0.05) is 83.0 Å². The minimum atomic E-state index is 0. The summed E-state index contributed by atoms with van der Waals surface area (Å²) >= 11 is 1.89. The second-order valence-corrected chi connectivity index (χ2v) is 15.3. The van der Waals surface area contributed by atoms with Crippen LogP contribution < -0.4 is 0 Å². The van der Waals surface area contributed by atoms with Crippen molar-refractivity contribution in [1.29, 1.82) is 0 Å². The number of para-hydroxylation sites is 1. The first-order chi connectivity index (χ1) is 24.8. The molecule has 2 aliphatic carbocycles. The Bertz CT molecular complexity index is 2380. The molecule has 2 heterocycles. The Hall–Kier alpha value is -4.08. The Labute approximate surface area is 338 Å². The van der Waals surface area contributed by atoms with Crippen molar-refractivity contribution in [2.75, 3.05) is 0 Å². The van der Waals surface area contributed by atoms with Gasteiger partial charge in [0.05, 0.1) is 0 Å². The first-order valence-corrected chi connectivity index (χ1v) is 18.9. The fourth-order valence-corrected chi connectivity index (χ4v) is 8.86. The molecule has 0 unspecified atom stereocenters. The summed E-state index contributed by atoms with van der Waals surface area (Å²) < 4.78 is 4.93. The molecule has 8 aromatic rings. The van der Waals surface area contributed by atoms with Gasteiger partial charge in [-0.05, 0) is 82.3 Å². The summed E-state index contributed by atoms with van der Waals surface area (Å²) in [6, 6.07) is 52.0. The van der Waals surface area contributed by atoms with E-state index < -0.39 is 0 Å². The quantitative estimate of drug-likeness (QED) is 0.135. The molecule has 0 spiro atoms. The van der Waals surface area contributed by atoms with Crippen LogP contribution in [0.15, 0.2) is 164 Å². The topological polar surface area (TPSA) is 4.93 Å². The SMILES string of the molecule is C1=CCc2ccccc2C1.CC1c2ccccc2C(C)(C)c2ccccc21.Cc1cccc2c1sc1ccccc12.Cn1ccc2ccccc21.[Y]. The number of aromatic nitrogens is 1. The third kappa shape index (κ3) is 7.81. The number of rotatable bonds is 0. The number of fused-ring (bicyclic) bond motifs is 7. The van der Waals surface area contributed by atoms with Crippen LogP contribution in [0, 0.1) is 6.92 Å². The molecule has 0 N–H and O–H groups in total. The fourth-order valence-electron chi connectivity index (χ4n) is 7.69. The Balaban J connectivity index is 0.000000121. The molecule has 1 radical (unpaired) electrons. The smallest absolute Gasteiger partial charge is 0.0477 e. The van der Waals surface area contributed by atoms with E-state index in [0.29, 0.717) is 5.92 Å². The van der Waals surface area contributed by atoms with Gasteiger partial charge in [-0.25, -0.2) is 0 Å². The van der Waals surface area contributed by atoms with Crippen molar-refractivity contribution in [3.05, 3.63) is 203 Å². The van der Waals surface area contributed by atoms with Crippen LogP contribution in [-0.2, 0) is 58.0 Å². The van der Waals surface area contributed by atoms with E-state index in [2.05, 4.69) is 203 Å². The van der Waals surface area contributed by atoms with E-state index in [1.807, 2.05) is 11.3 Å². The third-order valence-corrected chi connectivity index (χ3v) is 11.9. The molecule has 0 atom stereocenters. The zero-order chi connectivity index (χ0) is 35.4. The zero-order valence-electron chi connectivity index (χ0n) is 31.0. The molecule has 1 nitrogen and oxygen atoms in total. The normalized spacial score (nSPS) is 13.6. The van der Waals surface area contributed by atoms with Crippen LogP contribution in [0.4, 0.5) is 0 Å². The molecule has 52 heavy (non-hydrogen) atoms. The molecule has 0 bridgehead atoms. The van der Waals surface area contributed by atoms with Gasteiger partial charge in [0.15, 0.2) is 0 Å².